The molecular formula is C10H11BrO2. The number of ketones is 1. The quantitative estimate of drug-likeness (QED) is 0.811. The van der Waals surface area contributed by atoms with Crippen molar-refractivity contribution in [3.63, 3.8) is 0 Å². The van der Waals surface area contributed by atoms with Crippen molar-refractivity contribution in [3.05, 3.63) is 29.3 Å². The van der Waals surface area contributed by atoms with E-state index in [1.54, 1.807) is 12.1 Å². The molecule has 0 saturated heterocycles. The van der Waals surface area contributed by atoms with Crippen LogP contribution in [0.1, 0.15) is 22.9 Å². The summed E-state index contributed by atoms with van der Waals surface area (Å²) in [5, 5.41) is 9.29. The zero-order valence-corrected chi connectivity index (χ0v) is 9.13. The minimum absolute atomic E-state index is 0.0324. The van der Waals surface area contributed by atoms with Crippen molar-refractivity contribution in [2.75, 3.05) is 0 Å². The monoisotopic (exact) mass is 242 g/mol. The Hall–Kier alpha value is -0.830. The number of carbonyl (C=O) groups is 1. The summed E-state index contributed by atoms with van der Waals surface area (Å²) < 4.78 is 0. The maximum Gasteiger partial charge on any atom is 0.147 e. The Morgan fingerprint density at radius 2 is 2.08 bits per heavy atom. The average molecular weight is 243 g/mol. The molecule has 1 atom stereocenters. The lowest BCUT2D eigenvalue weighted by atomic mass is 10.1. The van der Waals surface area contributed by atoms with Crippen LogP contribution in [0.4, 0.5) is 0 Å². The molecule has 3 heteroatoms. The molecule has 2 nitrogen and oxygen atoms in total. The van der Waals surface area contributed by atoms with Crippen molar-refractivity contribution in [2.24, 2.45) is 0 Å². The molecule has 1 N–H and O–H groups in total. The molecule has 70 valence electrons. The van der Waals surface area contributed by atoms with Gasteiger partial charge in [-0.3, -0.25) is 4.79 Å². The van der Waals surface area contributed by atoms with Gasteiger partial charge in [-0.15, -0.1) is 0 Å². The number of carbonyl (C=O) groups excluding carboxylic acids is 1. The highest BCUT2D eigenvalue weighted by Gasteiger charge is 2.13. The smallest absolute Gasteiger partial charge is 0.147 e. The van der Waals surface area contributed by atoms with Crippen LogP contribution in [0.15, 0.2) is 18.2 Å². The first-order valence-electron chi connectivity index (χ1n) is 3.96. The summed E-state index contributed by atoms with van der Waals surface area (Å²) in [5.41, 5.74) is 1.74. The summed E-state index contributed by atoms with van der Waals surface area (Å²) in [5.74, 6) is 0.228. The van der Waals surface area contributed by atoms with Gasteiger partial charge in [0.2, 0.25) is 0 Å². The summed E-state index contributed by atoms with van der Waals surface area (Å²) in [6.07, 6.45) is 0. The molecule has 13 heavy (non-hydrogen) atoms. The van der Waals surface area contributed by atoms with Crippen molar-refractivity contribution < 1.29 is 9.90 Å². The number of aromatic hydroxyl groups is 1. The number of hydrogen-bond donors (Lipinski definition) is 1. The molecule has 0 aliphatic heterocycles. The zero-order valence-electron chi connectivity index (χ0n) is 7.54. The van der Waals surface area contributed by atoms with E-state index in [1.165, 1.54) is 6.92 Å². The van der Waals surface area contributed by atoms with Gasteiger partial charge in [0.1, 0.15) is 11.5 Å². The molecule has 0 amide bonds. The second-order valence-electron chi connectivity index (χ2n) is 3.08. The number of rotatable bonds is 2. The third-order valence-electron chi connectivity index (χ3n) is 1.73. The molecule has 1 unspecified atom stereocenters. The van der Waals surface area contributed by atoms with Crippen molar-refractivity contribution in [2.45, 2.75) is 18.7 Å². The van der Waals surface area contributed by atoms with Gasteiger partial charge in [0.15, 0.2) is 0 Å². The summed E-state index contributed by atoms with van der Waals surface area (Å²) >= 11 is 3.26. The molecule has 1 aromatic carbocycles. The highest BCUT2D eigenvalue weighted by molar-refractivity contribution is 9.09. The molecule has 0 aliphatic carbocycles. The Bertz CT molecular complexity index is 313. The van der Waals surface area contributed by atoms with Crippen LogP contribution in [0.5, 0.6) is 5.75 Å². The van der Waals surface area contributed by atoms with Crippen molar-refractivity contribution >= 4 is 21.7 Å². The number of aryl methyl sites for hydroxylation is 1. The number of halogens is 1. The SMILES string of the molecule is CC(=O)C(Br)c1cc(C)cc(O)c1. The van der Waals surface area contributed by atoms with Crippen LogP contribution in [0.2, 0.25) is 0 Å². The van der Waals surface area contributed by atoms with Crippen LogP contribution in [-0.4, -0.2) is 10.9 Å². The standard InChI is InChI=1S/C10H11BrO2/c1-6-3-8(5-9(13)4-6)10(11)7(2)12/h3-5,10,13H,1-2H3. The minimum atomic E-state index is -0.321. The fourth-order valence-corrected chi connectivity index (χ4v) is 1.44. The molecule has 1 aromatic rings. The van der Waals surface area contributed by atoms with Gasteiger partial charge in [0.05, 0.1) is 4.83 Å². The number of phenols is 1. The molecule has 0 heterocycles. The van der Waals surface area contributed by atoms with Gasteiger partial charge in [-0.05, 0) is 37.1 Å². The molecule has 0 radical (unpaired) electrons. The lowest BCUT2D eigenvalue weighted by Gasteiger charge is -2.07. The van der Waals surface area contributed by atoms with Crippen molar-refractivity contribution in [1.82, 2.24) is 0 Å². The maximum absolute atomic E-state index is 11.0. The van der Waals surface area contributed by atoms with Crippen molar-refractivity contribution in [1.29, 1.82) is 0 Å². The molecule has 0 saturated carbocycles. The predicted octanol–water partition coefficient (Wildman–Crippen LogP) is 2.73. The average Bonchev–Trinajstić information content (AvgIpc) is 2.01. The fraction of sp³-hybridized carbons (Fsp3) is 0.300. The topological polar surface area (TPSA) is 37.3 Å². The van der Waals surface area contributed by atoms with E-state index in [0.717, 1.165) is 11.1 Å². The van der Waals surface area contributed by atoms with E-state index in [4.69, 9.17) is 0 Å². The third kappa shape index (κ3) is 2.56. The molecule has 0 aliphatic rings. The van der Waals surface area contributed by atoms with E-state index in [0.29, 0.717) is 0 Å². The maximum atomic E-state index is 11.0. The third-order valence-corrected chi connectivity index (χ3v) is 2.91. The second-order valence-corrected chi connectivity index (χ2v) is 3.99. The molecule has 0 spiro atoms. The van der Waals surface area contributed by atoms with E-state index in [-0.39, 0.29) is 16.4 Å². The van der Waals surface area contributed by atoms with Gasteiger partial charge in [0.25, 0.3) is 0 Å². The van der Waals surface area contributed by atoms with Gasteiger partial charge >= 0.3 is 0 Å². The summed E-state index contributed by atoms with van der Waals surface area (Å²) in [6, 6.07) is 5.12. The van der Waals surface area contributed by atoms with Gasteiger partial charge < -0.3 is 5.11 Å². The second kappa shape index (κ2) is 3.92. The highest BCUT2D eigenvalue weighted by atomic mass is 79.9. The van der Waals surface area contributed by atoms with E-state index in [1.807, 2.05) is 13.0 Å². The Kier molecular flexibility index (Phi) is 3.09. The predicted molar refractivity (Wildman–Crippen MR) is 55.2 cm³/mol. The number of Topliss-reactive ketones (excluding diaryl/α,β-unsaturated/α-hetero) is 1. The normalized spacial score (nSPS) is 12.5. The molecule has 0 bridgehead atoms. The minimum Gasteiger partial charge on any atom is -0.508 e. The van der Waals surface area contributed by atoms with E-state index in [9.17, 15) is 9.90 Å². The molecule has 0 aromatic heterocycles. The van der Waals surface area contributed by atoms with Crippen LogP contribution >= 0.6 is 15.9 Å². The van der Waals surface area contributed by atoms with E-state index >= 15 is 0 Å². The number of benzene rings is 1. The van der Waals surface area contributed by atoms with Crippen LogP contribution in [0, 0.1) is 6.92 Å². The first-order chi connectivity index (χ1) is 6.00. The highest BCUT2D eigenvalue weighted by Crippen LogP contribution is 2.27. The van der Waals surface area contributed by atoms with E-state index in [2.05, 4.69) is 15.9 Å². The molecule has 1 rings (SSSR count). The van der Waals surface area contributed by atoms with E-state index < -0.39 is 0 Å². The number of phenolic OH excluding ortho intramolecular Hbond substituents is 1. The van der Waals surface area contributed by atoms with Gasteiger partial charge in [-0.25, -0.2) is 0 Å². The Morgan fingerprint density at radius 3 is 2.54 bits per heavy atom. The Balaban J connectivity index is 3.07. The zero-order chi connectivity index (χ0) is 10.0. The summed E-state index contributed by atoms with van der Waals surface area (Å²) in [7, 11) is 0. The summed E-state index contributed by atoms with van der Waals surface area (Å²) in [6.45, 7) is 3.39. The first-order valence-corrected chi connectivity index (χ1v) is 4.87. The number of hydrogen-bond acceptors (Lipinski definition) is 2. The molecule has 0 fully saturated rings. The molecular weight excluding hydrogens is 232 g/mol. The van der Waals surface area contributed by atoms with Gasteiger partial charge in [-0.2, -0.15) is 0 Å². The van der Waals surface area contributed by atoms with Crippen LogP contribution in [0.3, 0.4) is 0 Å². The fourth-order valence-electron chi connectivity index (χ4n) is 1.17. The van der Waals surface area contributed by atoms with Gasteiger partial charge in [0, 0.05) is 0 Å². The lowest BCUT2D eigenvalue weighted by Crippen LogP contribution is -2.00. The van der Waals surface area contributed by atoms with Crippen LogP contribution < -0.4 is 0 Å². The van der Waals surface area contributed by atoms with Crippen molar-refractivity contribution in [3.8, 4) is 5.75 Å². The van der Waals surface area contributed by atoms with Crippen LogP contribution in [-0.2, 0) is 4.79 Å². The Labute approximate surface area is 85.7 Å². The first kappa shape index (κ1) is 10.3. The number of alkyl halides is 1. The largest absolute Gasteiger partial charge is 0.508 e. The van der Waals surface area contributed by atoms with Crippen LogP contribution in [0.25, 0.3) is 0 Å². The Morgan fingerprint density at radius 1 is 1.46 bits per heavy atom. The van der Waals surface area contributed by atoms with Gasteiger partial charge in [-0.1, -0.05) is 22.0 Å². The summed E-state index contributed by atoms with van der Waals surface area (Å²) in [4.78, 5) is 10.7. The lowest BCUT2D eigenvalue weighted by molar-refractivity contribution is -0.116.